The number of aliphatic hydroxyl groups is 4. The summed E-state index contributed by atoms with van der Waals surface area (Å²) >= 11 is 0. The van der Waals surface area contributed by atoms with Crippen LogP contribution >= 0.6 is 0 Å². The van der Waals surface area contributed by atoms with Crippen molar-refractivity contribution in [3.05, 3.63) is 54.6 Å². The molecule has 57 heavy (non-hydrogen) atoms. The summed E-state index contributed by atoms with van der Waals surface area (Å²) in [6, 6.07) is 14.8. The van der Waals surface area contributed by atoms with Crippen LogP contribution in [-0.2, 0) is 19.0 Å². The molecule has 4 rings (SSSR count). The van der Waals surface area contributed by atoms with E-state index in [1.807, 2.05) is 44.2 Å². The number of ether oxygens (including phenoxy) is 5. The van der Waals surface area contributed by atoms with Gasteiger partial charge in [-0.25, -0.2) is 4.79 Å². The maximum Gasteiger partial charge on any atom is 0.324 e. The Bertz CT molecular complexity index is 1580. The van der Waals surface area contributed by atoms with Crippen LogP contribution in [0.25, 0.3) is 0 Å². The molecule has 14 atom stereocenters. The highest BCUT2D eigenvalue weighted by Crippen LogP contribution is 2.38. The number of cyclic esters (lactones) is 1. The van der Waals surface area contributed by atoms with Crippen LogP contribution in [0.3, 0.4) is 0 Å². The number of carbonyl (C=O) groups is 2. The predicted molar refractivity (Wildman–Crippen MR) is 216 cm³/mol. The van der Waals surface area contributed by atoms with Crippen molar-refractivity contribution in [2.45, 2.75) is 141 Å². The molecule has 0 radical (unpaired) electrons. The van der Waals surface area contributed by atoms with Crippen molar-refractivity contribution in [2.75, 3.05) is 32.6 Å². The van der Waals surface area contributed by atoms with E-state index in [-0.39, 0.29) is 24.8 Å². The molecule has 2 amide bonds. The third-order valence-electron chi connectivity index (χ3n) is 11.8. The van der Waals surface area contributed by atoms with E-state index in [2.05, 4.69) is 5.32 Å². The average molecular weight is 802 g/mol. The van der Waals surface area contributed by atoms with Gasteiger partial charge in [0.2, 0.25) is 0 Å². The number of methoxy groups -OCH3 is 1. The summed E-state index contributed by atoms with van der Waals surface area (Å²) in [7, 11) is 4.98. The lowest BCUT2D eigenvalue weighted by atomic mass is 9.78. The third kappa shape index (κ3) is 11.0. The van der Waals surface area contributed by atoms with Crippen LogP contribution in [0.4, 0.5) is 10.5 Å². The number of nitrogens with zero attached hydrogens (tertiary/aromatic N) is 2. The zero-order chi connectivity index (χ0) is 42.4. The summed E-state index contributed by atoms with van der Waals surface area (Å²) in [5, 5.41) is 50.3. The Morgan fingerprint density at radius 1 is 0.965 bits per heavy atom. The van der Waals surface area contributed by atoms with Crippen molar-refractivity contribution in [1.82, 2.24) is 10.2 Å². The van der Waals surface area contributed by atoms with Crippen LogP contribution in [0.1, 0.15) is 74.7 Å². The molecule has 14 nitrogen and oxygen atoms in total. The standard InChI is InChI=1S/C43H67N3O11/c1-12-34-43(8,52)37(48)29(6)44-24-25(2)23-42(7,51)38(27(4)35(47)28(5)39(49)56-34)57-40-36(55-32-20-18-31(53-11)19-21-32)33(22-26(3)54-40)46(10)41(50)45(9)30-16-14-13-15-17-30/h13-21,25-29,33-38,40,44,47-48,51-52H,12,22-24H2,1-11H3/t25-,26-,27+,28-,29-,33+,34-,35+,36-,37-,38-,40+,42-,43-/m1/s1. The third-order valence-corrected chi connectivity index (χ3v) is 11.8. The molecule has 0 aromatic heterocycles. The molecular formula is C43H67N3O11. The van der Waals surface area contributed by atoms with Crippen LogP contribution in [-0.4, -0.2) is 131 Å². The molecule has 0 bridgehead atoms. The van der Waals surface area contributed by atoms with Crippen molar-refractivity contribution < 1.29 is 53.7 Å². The van der Waals surface area contributed by atoms with Gasteiger partial charge in [0.25, 0.3) is 0 Å². The monoisotopic (exact) mass is 801 g/mol. The number of nitrogens with one attached hydrogen (secondary N) is 1. The van der Waals surface area contributed by atoms with E-state index >= 15 is 0 Å². The lowest BCUT2D eigenvalue weighted by Gasteiger charge is -2.48. The van der Waals surface area contributed by atoms with Gasteiger partial charge in [0, 0.05) is 31.7 Å². The molecule has 2 aliphatic heterocycles. The van der Waals surface area contributed by atoms with Crippen LogP contribution in [0.5, 0.6) is 11.5 Å². The second-order valence-electron chi connectivity index (χ2n) is 16.7. The second-order valence-corrected chi connectivity index (χ2v) is 16.7. The van der Waals surface area contributed by atoms with E-state index in [0.717, 1.165) is 0 Å². The number of hydrogen-bond donors (Lipinski definition) is 5. The van der Waals surface area contributed by atoms with Crippen molar-refractivity contribution >= 4 is 17.7 Å². The summed E-state index contributed by atoms with van der Waals surface area (Å²) in [6.07, 6.45) is -6.66. The number of benzene rings is 2. The number of carbonyl (C=O) groups excluding carboxylic acids is 2. The molecule has 0 aliphatic carbocycles. The minimum Gasteiger partial charge on any atom is -0.497 e. The molecule has 2 heterocycles. The van der Waals surface area contributed by atoms with Crippen LogP contribution in [0.15, 0.2) is 54.6 Å². The number of rotatable bonds is 8. The van der Waals surface area contributed by atoms with E-state index in [1.54, 1.807) is 83.0 Å². The Morgan fingerprint density at radius 2 is 1.58 bits per heavy atom. The first kappa shape index (κ1) is 46.2. The Morgan fingerprint density at radius 3 is 2.18 bits per heavy atom. The molecule has 2 aromatic rings. The number of urea groups is 1. The summed E-state index contributed by atoms with van der Waals surface area (Å²) in [6.45, 7) is 13.9. The fraction of sp³-hybridized carbons (Fsp3) is 0.674. The number of esters is 1. The largest absolute Gasteiger partial charge is 0.497 e. The lowest BCUT2D eigenvalue weighted by molar-refractivity contribution is -0.293. The van der Waals surface area contributed by atoms with Gasteiger partial charge in [0.15, 0.2) is 12.4 Å². The van der Waals surface area contributed by atoms with Crippen LogP contribution in [0, 0.1) is 17.8 Å². The molecule has 0 unspecified atom stereocenters. The van der Waals surface area contributed by atoms with E-state index in [1.165, 1.54) is 13.8 Å². The molecule has 0 spiro atoms. The quantitative estimate of drug-likeness (QED) is 0.239. The first-order chi connectivity index (χ1) is 26.7. The first-order valence-electron chi connectivity index (χ1n) is 20.1. The number of hydrogen-bond acceptors (Lipinski definition) is 12. The van der Waals surface area contributed by atoms with Gasteiger partial charge in [-0.1, -0.05) is 39.0 Å². The summed E-state index contributed by atoms with van der Waals surface area (Å²) in [5.41, 5.74) is -2.72. The molecule has 2 saturated heterocycles. The lowest BCUT2D eigenvalue weighted by Crippen LogP contribution is -2.62. The van der Waals surface area contributed by atoms with E-state index < -0.39 is 84.0 Å². The van der Waals surface area contributed by atoms with E-state index in [0.29, 0.717) is 30.2 Å². The number of aliphatic hydroxyl groups excluding tert-OH is 2. The molecular weight excluding hydrogens is 734 g/mol. The maximum atomic E-state index is 14.1. The van der Waals surface area contributed by atoms with Crippen molar-refractivity contribution in [2.24, 2.45) is 17.8 Å². The highest BCUT2D eigenvalue weighted by atomic mass is 16.7. The molecule has 5 N–H and O–H groups in total. The summed E-state index contributed by atoms with van der Waals surface area (Å²) in [4.78, 5) is 30.9. The molecule has 320 valence electrons. The van der Waals surface area contributed by atoms with Gasteiger partial charge in [0.1, 0.15) is 29.3 Å². The maximum absolute atomic E-state index is 14.1. The van der Waals surface area contributed by atoms with Gasteiger partial charge < -0.3 is 54.3 Å². The highest BCUT2D eigenvalue weighted by Gasteiger charge is 2.51. The van der Waals surface area contributed by atoms with Gasteiger partial charge >= 0.3 is 12.0 Å². The highest BCUT2D eigenvalue weighted by molar-refractivity contribution is 5.91. The van der Waals surface area contributed by atoms with Crippen LogP contribution in [0.2, 0.25) is 0 Å². The van der Waals surface area contributed by atoms with Gasteiger partial charge in [-0.05, 0) is 103 Å². The normalized spacial score (nSPS) is 37.2. The van der Waals surface area contributed by atoms with Crippen molar-refractivity contribution in [1.29, 1.82) is 0 Å². The Balaban J connectivity index is 1.76. The number of likely N-dealkylation sites (N-methyl/N-ethyl adjacent to an activating group) is 1. The fourth-order valence-corrected chi connectivity index (χ4v) is 8.30. The number of anilines is 1. The number of amides is 2. The van der Waals surface area contributed by atoms with Crippen molar-refractivity contribution in [3.63, 3.8) is 0 Å². The fourth-order valence-electron chi connectivity index (χ4n) is 8.30. The Kier molecular flexibility index (Phi) is 15.8. The topological polar surface area (TPSA) is 180 Å². The molecule has 2 aliphatic rings. The first-order valence-corrected chi connectivity index (χ1v) is 20.1. The van der Waals surface area contributed by atoms with Gasteiger partial charge in [-0.15, -0.1) is 0 Å². The smallest absolute Gasteiger partial charge is 0.324 e. The van der Waals surface area contributed by atoms with Gasteiger partial charge in [-0.3, -0.25) is 9.69 Å². The van der Waals surface area contributed by atoms with E-state index in [4.69, 9.17) is 23.7 Å². The predicted octanol–water partition coefficient (Wildman–Crippen LogP) is 4.36. The molecule has 0 saturated carbocycles. The van der Waals surface area contributed by atoms with Crippen molar-refractivity contribution in [3.8, 4) is 11.5 Å². The SMILES string of the molecule is CC[C@H]1OC(=O)[C@H](C)[C@@H](O)[C@H](C)[C@@H](O[C@@H]2O[C@H](C)C[C@H](N(C)C(=O)N(C)c3ccccc3)[C@H]2Oc2ccc(OC)cc2)[C@](C)(O)C[C@@H](C)CN[C@H](C)[C@@H](O)[C@]1(C)O. The molecule has 2 fully saturated rings. The summed E-state index contributed by atoms with van der Waals surface area (Å²) in [5.74, 6) is -1.89. The number of para-hydroxylation sites is 1. The van der Waals surface area contributed by atoms with E-state index in [9.17, 15) is 30.0 Å². The minimum atomic E-state index is -1.80. The Hall–Kier alpha value is -3.50. The van der Waals surface area contributed by atoms with Gasteiger partial charge in [0.05, 0.1) is 43.0 Å². The molecule has 2 aromatic carbocycles. The second kappa shape index (κ2) is 19.5. The Labute approximate surface area is 338 Å². The zero-order valence-electron chi connectivity index (χ0n) is 35.5. The minimum absolute atomic E-state index is 0.174. The zero-order valence-corrected chi connectivity index (χ0v) is 35.5. The summed E-state index contributed by atoms with van der Waals surface area (Å²) < 4.78 is 31.2. The van der Waals surface area contributed by atoms with Gasteiger partial charge in [-0.2, -0.15) is 0 Å². The van der Waals surface area contributed by atoms with Crippen LogP contribution < -0.4 is 19.7 Å². The average Bonchev–Trinajstić information content (AvgIpc) is 3.19. The molecule has 14 heteroatoms.